The molecule has 0 aliphatic carbocycles. The van der Waals surface area contributed by atoms with Gasteiger partial charge in [-0.15, -0.1) is 11.3 Å². The fourth-order valence-electron chi connectivity index (χ4n) is 2.42. The van der Waals surface area contributed by atoms with Crippen molar-refractivity contribution in [1.82, 2.24) is 19.5 Å². The van der Waals surface area contributed by atoms with Crippen molar-refractivity contribution in [3.63, 3.8) is 0 Å². The Hall–Kier alpha value is -2.87. The minimum Gasteiger partial charge on any atom is -0.467 e. The first-order valence-corrected chi connectivity index (χ1v) is 7.84. The zero-order valence-corrected chi connectivity index (χ0v) is 12.7. The van der Waals surface area contributed by atoms with Gasteiger partial charge in [0.25, 0.3) is 5.56 Å². The molecule has 0 aliphatic rings. The highest BCUT2D eigenvalue weighted by atomic mass is 32.1. The third-order valence-corrected chi connectivity index (χ3v) is 4.47. The molecule has 0 unspecified atom stereocenters. The number of nitrogens with one attached hydrogen (secondary N) is 1. The van der Waals surface area contributed by atoms with Crippen LogP contribution in [0.5, 0.6) is 0 Å². The molecule has 116 valence electrons. The summed E-state index contributed by atoms with van der Waals surface area (Å²) < 4.78 is 8.05. The van der Waals surface area contributed by atoms with E-state index < -0.39 is 0 Å². The summed E-state index contributed by atoms with van der Waals surface area (Å²) in [5.74, 6) is 0.356. The first-order valence-electron chi connectivity index (χ1n) is 6.96. The van der Waals surface area contributed by atoms with Crippen LogP contribution < -0.4 is 10.9 Å². The van der Waals surface area contributed by atoms with Gasteiger partial charge >= 0.3 is 0 Å². The largest absolute Gasteiger partial charge is 0.467 e. The molecule has 1 N–H and O–H groups in total. The zero-order chi connectivity index (χ0) is 15.8. The second kappa shape index (κ2) is 5.40. The van der Waals surface area contributed by atoms with E-state index in [1.54, 1.807) is 40.5 Å². The Bertz CT molecular complexity index is 1040. The predicted molar refractivity (Wildman–Crippen MR) is 85.4 cm³/mol. The summed E-state index contributed by atoms with van der Waals surface area (Å²) in [4.78, 5) is 25.4. The van der Waals surface area contributed by atoms with Crippen LogP contribution in [-0.4, -0.2) is 20.1 Å². The summed E-state index contributed by atoms with van der Waals surface area (Å²) >= 11 is 1.54. The molecule has 0 aliphatic heterocycles. The molecule has 0 saturated heterocycles. The number of carbonyl (C=O) groups excluding carboxylic acids is 1. The maximum Gasteiger partial charge on any atom is 0.291 e. The third-order valence-electron chi connectivity index (χ3n) is 3.54. The van der Waals surface area contributed by atoms with Gasteiger partial charge < -0.3 is 9.73 Å². The second-order valence-electron chi connectivity index (χ2n) is 5.03. The van der Waals surface area contributed by atoms with Crippen molar-refractivity contribution in [1.29, 1.82) is 0 Å². The number of thiophene rings is 1. The van der Waals surface area contributed by atoms with E-state index in [0.29, 0.717) is 11.3 Å². The van der Waals surface area contributed by atoms with Gasteiger partial charge in [0.2, 0.25) is 5.91 Å². The van der Waals surface area contributed by atoms with Crippen LogP contribution >= 0.6 is 11.3 Å². The van der Waals surface area contributed by atoms with Crippen molar-refractivity contribution in [3.05, 3.63) is 58.4 Å². The first-order chi connectivity index (χ1) is 11.2. The van der Waals surface area contributed by atoms with Gasteiger partial charge in [-0.25, -0.2) is 4.68 Å². The number of nitrogens with zero attached hydrogens (tertiary/aromatic N) is 3. The van der Waals surface area contributed by atoms with Gasteiger partial charge in [-0.3, -0.25) is 14.0 Å². The van der Waals surface area contributed by atoms with Crippen LogP contribution in [0.15, 0.2) is 51.4 Å². The molecular formula is C15H12N4O3S. The predicted octanol–water partition coefficient (Wildman–Crippen LogP) is 1.62. The molecular weight excluding hydrogens is 316 g/mol. The Morgan fingerprint density at radius 2 is 2.30 bits per heavy atom. The Balaban J connectivity index is 1.57. The minimum atomic E-state index is -0.297. The van der Waals surface area contributed by atoms with E-state index in [-0.39, 0.29) is 24.6 Å². The Morgan fingerprint density at radius 3 is 3.13 bits per heavy atom. The van der Waals surface area contributed by atoms with Crippen LogP contribution in [0, 0.1) is 0 Å². The highest BCUT2D eigenvalue weighted by molar-refractivity contribution is 7.16. The van der Waals surface area contributed by atoms with Crippen LogP contribution in [0.1, 0.15) is 5.76 Å². The van der Waals surface area contributed by atoms with E-state index in [9.17, 15) is 9.59 Å². The van der Waals surface area contributed by atoms with Gasteiger partial charge in [0, 0.05) is 5.39 Å². The lowest BCUT2D eigenvalue weighted by atomic mass is 10.4. The first kappa shape index (κ1) is 13.8. The number of rotatable bonds is 4. The zero-order valence-electron chi connectivity index (χ0n) is 11.9. The summed E-state index contributed by atoms with van der Waals surface area (Å²) in [5.41, 5.74) is 0.227. The summed E-state index contributed by atoms with van der Waals surface area (Å²) in [7, 11) is 0. The lowest BCUT2D eigenvalue weighted by Gasteiger charge is -2.06. The number of furan rings is 1. The molecule has 0 atom stereocenters. The molecule has 7 nitrogen and oxygen atoms in total. The van der Waals surface area contributed by atoms with Gasteiger partial charge in [0.15, 0.2) is 0 Å². The summed E-state index contributed by atoms with van der Waals surface area (Å²) in [6.45, 7) is 0.151. The van der Waals surface area contributed by atoms with E-state index in [4.69, 9.17) is 4.42 Å². The van der Waals surface area contributed by atoms with E-state index in [0.717, 1.165) is 14.9 Å². The Morgan fingerprint density at radius 1 is 1.39 bits per heavy atom. The second-order valence-corrected chi connectivity index (χ2v) is 5.93. The molecule has 23 heavy (non-hydrogen) atoms. The van der Waals surface area contributed by atoms with Gasteiger partial charge in [0.05, 0.1) is 12.8 Å². The quantitative estimate of drug-likeness (QED) is 0.617. The van der Waals surface area contributed by atoms with E-state index in [1.807, 2.05) is 17.5 Å². The molecule has 0 fully saturated rings. The van der Waals surface area contributed by atoms with E-state index >= 15 is 0 Å². The van der Waals surface area contributed by atoms with E-state index in [2.05, 4.69) is 10.4 Å². The molecule has 0 radical (unpaired) electrons. The highest BCUT2D eigenvalue weighted by Gasteiger charge is 2.12. The number of amides is 1. The van der Waals surface area contributed by atoms with Crippen LogP contribution in [0.25, 0.3) is 15.7 Å². The number of fused-ring (bicyclic) bond motifs is 3. The smallest absolute Gasteiger partial charge is 0.291 e. The molecule has 4 heterocycles. The molecule has 1 amide bonds. The minimum absolute atomic E-state index is 0.130. The van der Waals surface area contributed by atoms with Gasteiger partial charge in [-0.2, -0.15) is 5.10 Å². The van der Waals surface area contributed by atoms with Crippen LogP contribution in [-0.2, 0) is 17.9 Å². The fraction of sp³-hybridized carbons (Fsp3) is 0.133. The molecule has 0 aromatic carbocycles. The normalized spacial score (nSPS) is 11.3. The van der Waals surface area contributed by atoms with Crippen molar-refractivity contribution >= 4 is 33.0 Å². The summed E-state index contributed by atoms with van der Waals surface area (Å²) in [6.07, 6.45) is 3.11. The maximum atomic E-state index is 12.5. The van der Waals surface area contributed by atoms with Crippen molar-refractivity contribution in [2.45, 2.75) is 13.1 Å². The van der Waals surface area contributed by atoms with Gasteiger partial charge in [-0.1, -0.05) is 0 Å². The molecule has 4 aromatic heterocycles. The van der Waals surface area contributed by atoms with Crippen LogP contribution in [0.4, 0.5) is 0 Å². The molecule has 0 saturated carbocycles. The van der Waals surface area contributed by atoms with Gasteiger partial charge in [-0.05, 0) is 29.6 Å². The standard InChI is InChI=1S/C15H12N4O3S/c20-13(16-7-11-2-1-4-22-11)8-19-14(21)12-6-10-3-5-23-15(10)18(12)9-17-19/h1-6,9H,7-8H2,(H,16,20). The lowest BCUT2D eigenvalue weighted by molar-refractivity contribution is -0.122. The Labute approximate surface area is 133 Å². The molecule has 0 bridgehead atoms. The van der Waals surface area contributed by atoms with Crippen LogP contribution in [0.3, 0.4) is 0 Å². The third kappa shape index (κ3) is 2.42. The van der Waals surface area contributed by atoms with Gasteiger partial charge in [0.1, 0.15) is 29.0 Å². The van der Waals surface area contributed by atoms with Crippen molar-refractivity contribution in [2.75, 3.05) is 0 Å². The van der Waals surface area contributed by atoms with Crippen molar-refractivity contribution in [3.8, 4) is 0 Å². The average molecular weight is 328 g/mol. The fourth-order valence-corrected chi connectivity index (χ4v) is 3.29. The molecule has 8 heteroatoms. The van der Waals surface area contributed by atoms with Crippen molar-refractivity contribution in [2.24, 2.45) is 0 Å². The number of aromatic nitrogens is 3. The SMILES string of the molecule is O=C(Cn1ncn2c(cc3ccsc32)c1=O)NCc1ccco1. The van der Waals surface area contributed by atoms with Crippen LogP contribution in [0.2, 0.25) is 0 Å². The average Bonchev–Trinajstić information content (AvgIpc) is 3.24. The monoisotopic (exact) mass is 328 g/mol. The number of hydrogen-bond donors (Lipinski definition) is 1. The molecule has 0 spiro atoms. The highest BCUT2D eigenvalue weighted by Crippen LogP contribution is 2.22. The summed E-state index contributed by atoms with van der Waals surface area (Å²) in [5, 5.41) is 9.73. The topological polar surface area (TPSA) is 81.5 Å². The number of carbonyl (C=O) groups is 1. The maximum absolute atomic E-state index is 12.5. The lowest BCUT2D eigenvalue weighted by Crippen LogP contribution is -2.33. The van der Waals surface area contributed by atoms with Crippen molar-refractivity contribution < 1.29 is 9.21 Å². The number of hydrogen-bond acceptors (Lipinski definition) is 5. The summed E-state index contributed by atoms with van der Waals surface area (Å²) in [6, 6.07) is 7.28. The van der Waals surface area contributed by atoms with E-state index in [1.165, 1.54) is 0 Å². The molecule has 4 aromatic rings. The molecule has 4 rings (SSSR count). The Kier molecular flexibility index (Phi) is 3.23.